The number of rotatable bonds is 0. The van der Waals surface area contributed by atoms with E-state index in [2.05, 4.69) is 43.5 Å². The molecule has 0 saturated heterocycles. The third-order valence-corrected chi connectivity index (χ3v) is 3.02. The second-order valence-corrected chi connectivity index (χ2v) is 3.58. The van der Waals surface area contributed by atoms with Gasteiger partial charge in [-0.2, -0.15) is 0 Å². The third kappa shape index (κ3) is 1.64. The topological polar surface area (TPSA) is 12.9 Å². The van der Waals surface area contributed by atoms with Crippen molar-refractivity contribution >= 4 is 38.5 Å². The zero-order valence-corrected chi connectivity index (χ0v) is 8.60. The Hall–Kier alpha value is 0.360. The summed E-state index contributed by atoms with van der Waals surface area (Å²) >= 11 is 5.61. The van der Waals surface area contributed by atoms with Gasteiger partial charge in [-0.1, -0.05) is 15.9 Å². The lowest BCUT2D eigenvalue weighted by molar-refractivity contribution is 1.20. The summed E-state index contributed by atoms with van der Waals surface area (Å²) in [5.41, 5.74) is 1.21. The Kier molecular flexibility index (Phi) is 2.46. The maximum absolute atomic E-state index is 4.10. The predicted molar refractivity (Wildman–Crippen MR) is 49.4 cm³/mol. The van der Waals surface area contributed by atoms with Gasteiger partial charge in [-0.15, -0.1) is 0 Å². The molecule has 0 fully saturated rings. The number of halogens is 2. The molecule has 0 amide bonds. The summed E-state index contributed by atoms with van der Waals surface area (Å²) in [6, 6.07) is 1.94. The van der Waals surface area contributed by atoms with Crippen LogP contribution in [0.2, 0.25) is 0 Å². The molecular formula is C6H5BrIN. The average Bonchev–Trinajstić information content (AvgIpc) is 1.83. The number of pyridine rings is 1. The van der Waals surface area contributed by atoms with Gasteiger partial charge in [-0.05, 0) is 41.1 Å². The van der Waals surface area contributed by atoms with Crippen molar-refractivity contribution in [2.45, 2.75) is 6.92 Å². The predicted octanol–water partition coefficient (Wildman–Crippen LogP) is 2.76. The van der Waals surface area contributed by atoms with Crippen LogP contribution in [-0.4, -0.2) is 4.98 Å². The van der Waals surface area contributed by atoms with Gasteiger partial charge in [0, 0.05) is 10.7 Å². The van der Waals surface area contributed by atoms with Gasteiger partial charge in [0.15, 0.2) is 0 Å². The standard InChI is InChI=1S/C6H5BrIN/c1-4-5(7)2-3-9-6(4)8/h2-3H,1H3. The lowest BCUT2D eigenvalue weighted by Gasteiger charge is -1.96. The summed E-state index contributed by atoms with van der Waals surface area (Å²) in [4.78, 5) is 4.10. The molecule has 0 aliphatic heterocycles. The van der Waals surface area contributed by atoms with Gasteiger partial charge in [0.2, 0.25) is 0 Å². The molecule has 0 radical (unpaired) electrons. The number of hydrogen-bond donors (Lipinski definition) is 0. The number of aromatic nitrogens is 1. The fraction of sp³-hybridized carbons (Fsp3) is 0.167. The van der Waals surface area contributed by atoms with Gasteiger partial charge in [-0.25, -0.2) is 4.98 Å². The van der Waals surface area contributed by atoms with Crippen LogP contribution in [0.3, 0.4) is 0 Å². The maximum atomic E-state index is 4.10. The van der Waals surface area contributed by atoms with Gasteiger partial charge < -0.3 is 0 Å². The molecule has 3 heteroatoms. The van der Waals surface area contributed by atoms with Crippen LogP contribution in [0.4, 0.5) is 0 Å². The summed E-state index contributed by atoms with van der Waals surface area (Å²) in [6.07, 6.45) is 1.79. The molecule has 0 atom stereocenters. The van der Waals surface area contributed by atoms with Crippen molar-refractivity contribution in [3.63, 3.8) is 0 Å². The molecule has 0 aromatic carbocycles. The van der Waals surface area contributed by atoms with Crippen molar-refractivity contribution in [2.75, 3.05) is 0 Å². The van der Waals surface area contributed by atoms with Gasteiger partial charge in [0.25, 0.3) is 0 Å². The van der Waals surface area contributed by atoms with E-state index in [1.54, 1.807) is 6.20 Å². The molecule has 1 rings (SSSR count). The Morgan fingerprint density at radius 2 is 2.33 bits per heavy atom. The first-order valence-electron chi connectivity index (χ1n) is 2.48. The molecule has 0 saturated carbocycles. The van der Waals surface area contributed by atoms with Gasteiger partial charge in [0.05, 0.1) is 0 Å². The fourth-order valence-corrected chi connectivity index (χ4v) is 1.62. The Balaban J connectivity index is 3.25. The van der Waals surface area contributed by atoms with Crippen LogP contribution in [0.5, 0.6) is 0 Å². The molecule has 1 nitrogen and oxygen atoms in total. The zero-order valence-electron chi connectivity index (χ0n) is 4.86. The fourth-order valence-electron chi connectivity index (χ4n) is 0.489. The molecular weight excluding hydrogens is 293 g/mol. The van der Waals surface area contributed by atoms with E-state index in [0.717, 1.165) is 8.17 Å². The van der Waals surface area contributed by atoms with E-state index in [1.165, 1.54) is 5.56 Å². The minimum absolute atomic E-state index is 1.06. The van der Waals surface area contributed by atoms with Crippen LogP contribution in [0, 0.1) is 10.6 Å². The smallest absolute Gasteiger partial charge is 0.105 e. The summed E-state index contributed by atoms with van der Waals surface area (Å²) < 4.78 is 2.18. The number of hydrogen-bond acceptors (Lipinski definition) is 1. The summed E-state index contributed by atoms with van der Waals surface area (Å²) in [5, 5.41) is 0. The molecule has 0 unspecified atom stereocenters. The number of nitrogens with zero attached hydrogens (tertiary/aromatic N) is 1. The summed E-state index contributed by atoms with van der Waals surface area (Å²) in [7, 11) is 0. The molecule has 0 bridgehead atoms. The minimum atomic E-state index is 1.06. The van der Waals surface area contributed by atoms with Crippen molar-refractivity contribution in [3.05, 3.63) is 26.0 Å². The lowest BCUT2D eigenvalue weighted by atomic mass is 10.3. The first-order chi connectivity index (χ1) is 4.22. The molecule has 9 heavy (non-hydrogen) atoms. The summed E-state index contributed by atoms with van der Waals surface area (Å²) in [6.45, 7) is 2.04. The lowest BCUT2D eigenvalue weighted by Crippen LogP contribution is -1.84. The molecule has 0 aliphatic rings. The molecule has 1 aromatic heterocycles. The highest BCUT2D eigenvalue weighted by Gasteiger charge is 1.96. The van der Waals surface area contributed by atoms with Gasteiger partial charge in [0.1, 0.15) is 3.70 Å². The quantitative estimate of drug-likeness (QED) is 0.530. The molecule has 0 N–H and O–H groups in total. The minimum Gasteiger partial charge on any atom is -0.250 e. The van der Waals surface area contributed by atoms with Gasteiger partial charge >= 0.3 is 0 Å². The Bertz CT molecular complexity index is 204. The van der Waals surface area contributed by atoms with Crippen molar-refractivity contribution in [1.82, 2.24) is 4.98 Å². The highest BCUT2D eigenvalue weighted by molar-refractivity contribution is 14.1. The van der Waals surface area contributed by atoms with Crippen LogP contribution in [0.25, 0.3) is 0 Å². The molecule has 0 spiro atoms. The second kappa shape index (κ2) is 2.96. The molecule has 48 valence electrons. The SMILES string of the molecule is Cc1c(Br)ccnc1I. The highest BCUT2D eigenvalue weighted by atomic mass is 127. The molecule has 1 aromatic rings. The van der Waals surface area contributed by atoms with Crippen molar-refractivity contribution in [3.8, 4) is 0 Å². The van der Waals surface area contributed by atoms with Crippen LogP contribution >= 0.6 is 38.5 Å². The first kappa shape index (κ1) is 7.47. The van der Waals surface area contributed by atoms with Crippen LogP contribution in [-0.2, 0) is 0 Å². The normalized spacial score (nSPS) is 9.67. The monoisotopic (exact) mass is 297 g/mol. The van der Waals surface area contributed by atoms with Crippen LogP contribution < -0.4 is 0 Å². The molecule has 0 aliphatic carbocycles. The largest absolute Gasteiger partial charge is 0.250 e. The Labute approximate surface area is 76.1 Å². The van der Waals surface area contributed by atoms with E-state index in [1.807, 2.05) is 13.0 Å². The van der Waals surface area contributed by atoms with E-state index >= 15 is 0 Å². The second-order valence-electron chi connectivity index (χ2n) is 1.71. The van der Waals surface area contributed by atoms with E-state index < -0.39 is 0 Å². The first-order valence-corrected chi connectivity index (χ1v) is 4.35. The summed E-state index contributed by atoms with van der Waals surface area (Å²) in [5.74, 6) is 0. The third-order valence-electron chi connectivity index (χ3n) is 1.08. The van der Waals surface area contributed by atoms with E-state index in [4.69, 9.17) is 0 Å². The maximum Gasteiger partial charge on any atom is 0.105 e. The Morgan fingerprint density at radius 3 is 2.78 bits per heavy atom. The van der Waals surface area contributed by atoms with Crippen molar-refractivity contribution in [2.24, 2.45) is 0 Å². The van der Waals surface area contributed by atoms with E-state index in [0.29, 0.717) is 0 Å². The zero-order chi connectivity index (χ0) is 6.85. The van der Waals surface area contributed by atoms with Gasteiger partial charge in [-0.3, -0.25) is 0 Å². The van der Waals surface area contributed by atoms with E-state index in [9.17, 15) is 0 Å². The highest BCUT2D eigenvalue weighted by Crippen LogP contribution is 2.17. The average molecular weight is 298 g/mol. The Morgan fingerprint density at radius 1 is 1.67 bits per heavy atom. The van der Waals surface area contributed by atoms with Crippen molar-refractivity contribution < 1.29 is 0 Å². The molecule has 1 heterocycles. The van der Waals surface area contributed by atoms with E-state index in [-0.39, 0.29) is 0 Å². The van der Waals surface area contributed by atoms with Crippen molar-refractivity contribution in [1.29, 1.82) is 0 Å². The van der Waals surface area contributed by atoms with Crippen LogP contribution in [0.15, 0.2) is 16.7 Å². The van der Waals surface area contributed by atoms with Crippen LogP contribution in [0.1, 0.15) is 5.56 Å².